The van der Waals surface area contributed by atoms with Gasteiger partial charge in [0, 0.05) is 12.3 Å². The van der Waals surface area contributed by atoms with Crippen LogP contribution in [0, 0.1) is 23.2 Å². The first-order chi connectivity index (χ1) is 11.8. The van der Waals surface area contributed by atoms with Crippen LogP contribution in [0.1, 0.15) is 58.8 Å². The van der Waals surface area contributed by atoms with E-state index in [0.717, 1.165) is 38.5 Å². The van der Waals surface area contributed by atoms with Crippen molar-refractivity contribution in [3.63, 3.8) is 0 Å². The molecular weight excluding hydrogens is 332 g/mol. The molecule has 0 saturated heterocycles. The van der Waals surface area contributed by atoms with Crippen molar-refractivity contribution in [2.24, 2.45) is 23.2 Å². The minimum atomic E-state index is -3.18. The van der Waals surface area contributed by atoms with Crippen molar-refractivity contribution in [1.29, 1.82) is 0 Å². The van der Waals surface area contributed by atoms with Crippen LogP contribution in [0.5, 0.6) is 0 Å². The molecule has 0 aliphatic heterocycles. The number of carbonyl (C=O) groups is 1. The largest absolute Gasteiger partial charge is 0.299 e. The van der Waals surface area contributed by atoms with Crippen LogP contribution in [0.3, 0.4) is 0 Å². The van der Waals surface area contributed by atoms with Crippen LogP contribution in [-0.2, 0) is 14.6 Å². The fraction of sp³-hybridized carbons (Fsp3) is 0.667. The summed E-state index contributed by atoms with van der Waals surface area (Å²) in [7, 11) is -3.18. The van der Waals surface area contributed by atoms with Crippen LogP contribution >= 0.6 is 0 Å². The van der Waals surface area contributed by atoms with E-state index in [4.69, 9.17) is 0 Å². The summed E-state index contributed by atoms with van der Waals surface area (Å²) < 4.78 is 24.8. The molecule has 3 rings (SSSR count). The van der Waals surface area contributed by atoms with Crippen molar-refractivity contribution in [2.45, 2.75) is 63.7 Å². The molecule has 0 aromatic heterocycles. The zero-order chi connectivity index (χ0) is 18.1. The third-order valence-electron chi connectivity index (χ3n) is 6.80. The topological polar surface area (TPSA) is 51.2 Å². The molecule has 2 aliphatic carbocycles. The Hall–Kier alpha value is -1.16. The van der Waals surface area contributed by atoms with E-state index < -0.39 is 9.84 Å². The molecule has 0 amide bonds. The van der Waals surface area contributed by atoms with E-state index in [0.29, 0.717) is 28.9 Å². The molecule has 4 heteroatoms. The van der Waals surface area contributed by atoms with Crippen LogP contribution in [-0.4, -0.2) is 20.0 Å². The third kappa shape index (κ3) is 3.69. The lowest BCUT2D eigenvalue weighted by Gasteiger charge is -2.42. The van der Waals surface area contributed by atoms with Gasteiger partial charge in [0.1, 0.15) is 5.78 Å². The van der Waals surface area contributed by atoms with Crippen molar-refractivity contribution in [3.05, 3.63) is 30.3 Å². The molecule has 0 N–H and O–H groups in total. The molecule has 0 radical (unpaired) electrons. The minimum Gasteiger partial charge on any atom is -0.299 e. The molecule has 2 saturated carbocycles. The van der Waals surface area contributed by atoms with Gasteiger partial charge in [-0.3, -0.25) is 4.79 Å². The second kappa shape index (κ2) is 7.22. The standard InChI is InChI=1S/C21H30O3S/c1-16(8-7-15-25(23,24)17-9-4-3-5-10-17)18-12-13-19-20(22)11-6-14-21(18,19)2/h3-5,9-10,16,18-19H,6-8,11-15H2,1-2H3/t16-,18-,19?,21-/m1/s1. The van der Waals surface area contributed by atoms with E-state index in [9.17, 15) is 13.2 Å². The lowest BCUT2D eigenvalue weighted by molar-refractivity contribution is -0.130. The fourth-order valence-corrected chi connectivity index (χ4v) is 6.80. The Kier molecular flexibility index (Phi) is 5.38. The van der Waals surface area contributed by atoms with Crippen LogP contribution in [0.25, 0.3) is 0 Å². The summed E-state index contributed by atoms with van der Waals surface area (Å²) in [6.07, 6.45) is 6.72. The lowest BCUT2D eigenvalue weighted by Crippen LogP contribution is -2.39. The summed E-state index contributed by atoms with van der Waals surface area (Å²) in [5.41, 5.74) is 0.146. The molecule has 0 spiro atoms. The lowest BCUT2D eigenvalue weighted by atomic mass is 9.62. The Morgan fingerprint density at radius 2 is 1.92 bits per heavy atom. The van der Waals surface area contributed by atoms with Gasteiger partial charge in [-0.05, 0) is 67.9 Å². The number of rotatable bonds is 6. The van der Waals surface area contributed by atoms with Crippen LogP contribution < -0.4 is 0 Å². The third-order valence-corrected chi connectivity index (χ3v) is 8.62. The highest BCUT2D eigenvalue weighted by molar-refractivity contribution is 7.91. The Morgan fingerprint density at radius 3 is 2.64 bits per heavy atom. The second-order valence-electron chi connectivity index (χ2n) is 8.31. The molecule has 2 fully saturated rings. The number of benzene rings is 1. The summed E-state index contributed by atoms with van der Waals surface area (Å²) in [4.78, 5) is 12.7. The first kappa shape index (κ1) is 18.6. The highest BCUT2D eigenvalue weighted by atomic mass is 32.2. The van der Waals surface area contributed by atoms with Gasteiger partial charge in [-0.2, -0.15) is 0 Å². The molecule has 138 valence electrons. The maximum atomic E-state index is 12.4. The molecule has 0 bridgehead atoms. The van der Waals surface area contributed by atoms with Gasteiger partial charge in [0.25, 0.3) is 0 Å². The molecule has 4 atom stereocenters. The number of hydrogen-bond acceptors (Lipinski definition) is 3. The number of hydrogen-bond donors (Lipinski definition) is 0. The summed E-state index contributed by atoms with van der Waals surface area (Å²) in [5, 5.41) is 0. The molecular formula is C21H30O3S. The maximum Gasteiger partial charge on any atom is 0.178 e. The predicted octanol–water partition coefficient (Wildman–Crippen LogP) is 4.66. The van der Waals surface area contributed by atoms with E-state index in [1.54, 1.807) is 24.3 Å². The van der Waals surface area contributed by atoms with Crippen molar-refractivity contribution < 1.29 is 13.2 Å². The van der Waals surface area contributed by atoms with Gasteiger partial charge < -0.3 is 0 Å². The van der Waals surface area contributed by atoms with E-state index in [2.05, 4.69) is 13.8 Å². The molecule has 1 aromatic carbocycles. The van der Waals surface area contributed by atoms with Gasteiger partial charge in [0.15, 0.2) is 9.84 Å². The molecule has 2 aliphatic rings. The van der Waals surface area contributed by atoms with Gasteiger partial charge in [-0.15, -0.1) is 0 Å². The van der Waals surface area contributed by atoms with Crippen molar-refractivity contribution in [1.82, 2.24) is 0 Å². The van der Waals surface area contributed by atoms with Crippen LogP contribution in [0.2, 0.25) is 0 Å². The SMILES string of the molecule is C[C@H](CCCS(=O)(=O)c1ccccc1)[C@H]1CCC2C(=O)CCC[C@@]21C. The average molecular weight is 363 g/mol. The highest BCUT2D eigenvalue weighted by Crippen LogP contribution is 2.57. The number of sulfone groups is 1. The molecule has 1 unspecified atom stereocenters. The van der Waals surface area contributed by atoms with Gasteiger partial charge in [-0.25, -0.2) is 8.42 Å². The molecule has 3 nitrogen and oxygen atoms in total. The average Bonchev–Trinajstić information content (AvgIpc) is 2.94. The van der Waals surface area contributed by atoms with Gasteiger partial charge in [0.2, 0.25) is 0 Å². The quantitative estimate of drug-likeness (QED) is 0.739. The molecule has 0 heterocycles. The van der Waals surface area contributed by atoms with Gasteiger partial charge in [0.05, 0.1) is 10.6 Å². The summed E-state index contributed by atoms with van der Waals surface area (Å²) in [5.74, 6) is 1.97. The summed E-state index contributed by atoms with van der Waals surface area (Å²) in [6, 6.07) is 8.73. The number of fused-ring (bicyclic) bond motifs is 1. The predicted molar refractivity (Wildman–Crippen MR) is 100 cm³/mol. The zero-order valence-electron chi connectivity index (χ0n) is 15.4. The van der Waals surface area contributed by atoms with E-state index in [-0.39, 0.29) is 17.1 Å². The molecule has 1 aromatic rings. The Morgan fingerprint density at radius 1 is 1.20 bits per heavy atom. The minimum absolute atomic E-state index is 0.146. The van der Waals surface area contributed by atoms with Crippen molar-refractivity contribution in [2.75, 3.05) is 5.75 Å². The first-order valence-corrected chi connectivity index (χ1v) is 11.3. The zero-order valence-corrected chi connectivity index (χ0v) is 16.2. The highest BCUT2D eigenvalue weighted by Gasteiger charge is 2.52. The van der Waals surface area contributed by atoms with Crippen molar-refractivity contribution in [3.8, 4) is 0 Å². The summed E-state index contributed by atoms with van der Waals surface area (Å²) in [6.45, 7) is 4.57. The Bertz CT molecular complexity index is 710. The smallest absolute Gasteiger partial charge is 0.178 e. The van der Waals surface area contributed by atoms with Gasteiger partial charge >= 0.3 is 0 Å². The van der Waals surface area contributed by atoms with Crippen LogP contribution in [0.4, 0.5) is 0 Å². The Labute approximate surface area is 152 Å². The van der Waals surface area contributed by atoms with E-state index in [1.807, 2.05) is 6.07 Å². The van der Waals surface area contributed by atoms with E-state index in [1.165, 1.54) is 0 Å². The Balaban J connectivity index is 1.58. The van der Waals surface area contributed by atoms with Crippen LogP contribution in [0.15, 0.2) is 35.2 Å². The second-order valence-corrected chi connectivity index (χ2v) is 10.4. The van der Waals surface area contributed by atoms with Gasteiger partial charge in [-0.1, -0.05) is 32.0 Å². The number of carbonyl (C=O) groups excluding carboxylic acids is 1. The monoisotopic (exact) mass is 362 g/mol. The van der Waals surface area contributed by atoms with Crippen molar-refractivity contribution >= 4 is 15.6 Å². The molecule has 25 heavy (non-hydrogen) atoms. The maximum absolute atomic E-state index is 12.4. The normalized spacial score (nSPS) is 30.9. The van der Waals surface area contributed by atoms with E-state index >= 15 is 0 Å². The number of ketones is 1. The fourth-order valence-electron chi connectivity index (χ4n) is 5.45. The summed E-state index contributed by atoms with van der Waals surface area (Å²) >= 11 is 0. The number of Topliss-reactive ketones (excluding diaryl/α,β-unsaturated/α-hetero) is 1. The first-order valence-electron chi connectivity index (χ1n) is 9.65.